The zero-order valence-electron chi connectivity index (χ0n) is 17.1. The fourth-order valence-electron chi connectivity index (χ4n) is 3.00. The lowest BCUT2D eigenvalue weighted by Gasteiger charge is -2.17. The van der Waals surface area contributed by atoms with Crippen LogP contribution in [-0.4, -0.2) is 27.2 Å². The van der Waals surface area contributed by atoms with Crippen molar-refractivity contribution in [2.75, 3.05) is 11.1 Å². The molecule has 4 N–H and O–H groups in total. The Balaban J connectivity index is 1.96. The highest BCUT2D eigenvalue weighted by molar-refractivity contribution is 8.00. The fourth-order valence-corrected chi connectivity index (χ4v) is 5.00. The maximum Gasteiger partial charge on any atom is 0.337 e. The maximum absolute atomic E-state index is 12.9. The van der Waals surface area contributed by atoms with Gasteiger partial charge >= 0.3 is 5.97 Å². The molecule has 11 heteroatoms. The van der Waals surface area contributed by atoms with Crippen LogP contribution >= 0.6 is 34.7 Å². The molecule has 1 aromatic carbocycles. The largest absolute Gasteiger partial charge is 0.478 e. The highest BCUT2D eigenvalue weighted by atomic mass is 35.5. The number of amides is 1. The van der Waals surface area contributed by atoms with Crippen LogP contribution in [-0.2, 0) is 4.79 Å². The van der Waals surface area contributed by atoms with Gasteiger partial charge in [0.2, 0.25) is 5.91 Å². The van der Waals surface area contributed by atoms with E-state index < -0.39 is 17.1 Å². The Morgan fingerprint density at radius 1 is 1.30 bits per heavy atom. The second kappa shape index (κ2) is 10.4. The van der Waals surface area contributed by atoms with Crippen molar-refractivity contribution in [1.82, 2.24) is 4.98 Å². The first kappa shape index (κ1) is 24.1. The third-order valence-corrected chi connectivity index (χ3v) is 7.13. The Kier molecular flexibility index (Phi) is 7.56. The Morgan fingerprint density at radius 2 is 2.03 bits per heavy atom. The molecule has 2 aromatic heterocycles. The first-order valence-corrected chi connectivity index (χ1v) is 11.6. The summed E-state index contributed by atoms with van der Waals surface area (Å²) < 4.78 is 0. The predicted octanol–water partition coefficient (Wildman–Crippen LogP) is 5.00. The van der Waals surface area contributed by atoms with Crippen molar-refractivity contribution in [2.45, 2.75) is 23.6 Å². The number of carbonyl (C=O) groups excluding carboxylic acids is 1. The molecule has 0 radical (unpaired) electrons. The van der Waals surface area contributed by atoms with Crippen molar-refractivity contribution < 1.29 is 14.7 Å². The van der Waals surface area contributed by atoms with Gasteiger partial charge in [0.05, 0.1) is 21.4 Å². The number of hydrogen-bond donors (Lipinski definition) is 3. The topological polar surface area (TPSA) is 153 Å². The number of nitriles is 2. The summed E-state index contributed by atoms with van der Waals surface area (Å²) in [5.74, 6) is -1.65. The Labute approximate surface area is 202 Å². The predicted molar refractivity (Wildman–Crippen MR) is 128 cm³/mol. The average Bonchev–Trinajstić information content (AvgIpc) is 3.32. The van der Waals surface area contributed by atoms with Crippen LogP contribution in [0.1, 0.15) is 34.8 Å². The molecule has 1 atom stereocenters. The average molecular weight is 498 g/mol. The molecule has 0 saturated carbocycles. The Morgan fingerprint density at radius 3 is 2.61 bits per heavy atom. The minimum absolute atomic E-state index is 0.0264. The second-order valence-corrected chi connectivity index (χ2v) is 9.18. The summed E-state index contributed by atoms with van der Waals surface area (Å²) in [7, 11) is 0. The molecule has 0 aliphatic carbocycles. The number of carboxylic acid groups (broad SMARTS) is 1. The van der Waals surface area contributed by atoms with Crippen LogP contribution in [0.25, 0.3) is 10.4 Å². The summed E-state index contributed by atoms with van der Waals surface area (Å²) >= 11 is 8.29. The minimum atomic E-state index is -1.21. The van der Waals surface area contributed by atoms with Gasteiger partial charge in [0.15, 0.2) is 0 Å². The molecule has 0 fully saturated rings. The molecule has 1 unspecified atom stereocenters. The molecule has 33 heavy (non-hydrogen) atoms. The number of rotatable bonds is 7. The van der Waals surface area contributed by atoms with Gasteiger partial charge in [-0.1, -0.05) is 36.4 Å². The van der Waals surface area contributed by atoms with Crippen LogP contribution in [0.4, 0.5) is 11.5 Å². The molecule has 0 saturated heterocycles. The number of anilines is 2. The van der Waals surface area contributed by atoms with Crippen LogP contribution in [0.2, 0.25) is 5.02 Å². The molecule has 3 aromatic rings. The van der Waals surface area contributed by atoms with E-state index in [9.17, 15) is 25.2 Å². The third-order valence-electron chi connectivity index (χ3n) is 4.56. The zero-order chi connectivity index (χ0) is 24.1. The molecule has 0 aliphatic rings. The number of thioether (sulfide) groups is 1. The first-order valence-electron chi connectivity index (χ1n) is 9.48. The summed E-state index contributed by atoms with van der Waals surface area (Å²) in [6.07, 6.45) is 0.386. The van der Waals surface area contributed by atoms with Gasteiger partial charge < -0.3 is 16.2 Å². The van der Waals surface area contributed by atoms with Crippen molar-refractivity contribution in [3.05, 3.63) is 57.4 Å². The number of aromatic nitrogens is 1. The van der Waals surface area contributed by atoms with Gasteiger partial charge in [-0.15, -0.1) is 11.3 Å². The van der Waals surface area contributed by atoms with E-state index in [4.69, 9.17) is 17.3 Å². The van der Waals surface area contributed by atoms with Gasteiger partial charge in [-0.2, -0.15) is 10.5 Å². The van der Waals surface area contributed by atoms with Gasteiger partial charge in [-0.05, 0) is 36.1 Å². The van der Waals surface area contributed by atoms with Gasteiger partial charge in [0, 0.05) is 16.1 Å². The van der Waals surface area contributed by atoms with Crippen molar-refractivity contribution in [2.24, 2.45) is 0 Å². The van der Waals surface area contributed by atoms with Crippen molar-refractivity contribution in [3.63, 3.8) is 0 Å². The smallest absolute Gasteiger partial charge is 0.337 e. The standard InChI is InChI=1S/C22H16ClN5O3S2/c1-2-16(20(29)27-11-5-6-15(23)12(8-11)22(30)31)33-21-14(10-25)18(17-4-3-7-32-17)13(9-24)19(26)28-21/h3-8,16H,2H2,1H3,(H2,26,28)(H,27,29)(H,30,31). The summed E-state index contributed by atoms with van der Waals surface area (Å²) in [6.45, 7) is 1.79. The van der Waals surface area contributed by atoms with E-state index in [1.54, 1.807) is 19.1 Å². The number of nitrogens with one attached hydrogen (secondary N) is 1. The van der Waals surface area contributed by atoms with Crippen molar-refractivity contribution >= 4 is 58.1 Å². The lowest BCUT2D eigenvalue weighted by atomic mass is 10.0. The number of aromatic carboxylic acids is 1. The molecule has 3 rings (SSSR count). The van der Waals surface area contributed by atoms with E-state index in [1.807, 2.05) is 11.4 Å². The Bertz CT molecular complexity index is 1310. The van der Waals surface area contributed by atoms with Gasteiger partial charge in [-0.25, -0.2) is 9.78 Å². The van der Waals surface area contributed by atoms with Crippen LogP contribution in [0.15, 0.2) is 40.7 Å². The summed E-state index contributed by atoms with van der Waals surface area (Å²) in [5, 5.41) is 32.8. The summed E-state index contributed by atoms with van der Waals surface area (Å²) in [5.41, 5.74) is 6.82. The lowest BCUT2D eigenvalue weighted by molar-refractivity contribution is -0.115. The van der Waals surface area contributed by atoms with E-state index in [2.05, 4.69) is 16.4 Å². The molecule has 8 nitrogen and oxygen atoms in total. The zero-order valence-corrected chi connectivity index (χ0v) is 19.5. The number of nitrogens with two attached hydrogens (primary N) is 1. The number of nitrogen functional groups attached to an aromatic ring is 1. The molecule has 0 bridgehead atoms. The van der Waals surface area contributed by atoms with E-state index in [-0.39, 0.29) is 38.2 Å². The fraction of sp³-hybridized carbons (Fsp3) is 0.136. The quantitative estimate of drug-likeness (QED) is 0.385. The minimum Gasteiger partial charge on any atom is -0.478 e. The number of carboxylic acids is 1. The number of nitrogens with zero attached hydrogens (tertiary/aromatic N) is 3. The number of benzene rings is 1. The van der Waals surface area contributed by atoms with Crippen LogP contribution in [0.5, 0.6) is 0 Å². The molecule has 0 spiro atoms. The third kappa shape index (κ3) is 5.10. The van der Waals surface area contributed by atoms with Crippen molar-refractivity contribution in [1.29, 1.82) is 10.5 Å². The van der Waals surface area contributed by atoms with Gasteiger partial charge in [0.1, 0.15) is 28.5 Å². The van der Waals surface area contributed by atoms with E-state index in [0.717, 1.165) is 11.8 Å². The number of hydrogen-bond acceptors (Lipinski definition) is 8. The van der Waals surface area contributed by atoms with Crippen LogP contribution < -0.4 is 11.1 Å². The molecule has 1 amide bonds. The van der Waals surface area contributed by atoms with E-state index >= 15 is 0 Å². The number of thiophene rings is 1. The van der Waals surface area contributed by atoms with E-state index in [1.165, 1.54) is 29.5 Å². The highest BCUT2D eigenvalue weighted by Gasteiger charge is 2.26. The highest BCUT2D eigenvalue weighted by Crippen LogP contribution is 2.39. The summed E-state index contributed by atoms with van der Waals surface area (Å²) in [6, 6.07) is 11.9. The maximum atomic E-state index is 12.9. The van der Waals surface area contributed by atoms with E-state index in [0.29, 0.717) is 16.9 Å². The SMILES string of the molecule is CCC(Sc1nc(N)c(C#N)c(-c2cccs2)c1C#N)C(=O)Nc1ccc(Cl)c(C(=O)O)c1. The van der Waals surface area contributed by atoms with Crippen LogP contribution in [0.3, 0.4) is 0 Å². The Hall–Kier alpha value is -3.57. The number of carbonyl (C=O) groups is 2. The molecule has 2 heterocycles. The molecule has 0 aliphatic heterocycles. The number of halogens is 1. The molecular formula is C22H16ClN5O3S2. The normalized spacial score (nSPS) is 11.3. The second-order valence-electron chi connectivity index (χ2n) is 6.63. The first-order chi connectivity index (χ1) is 15.8. The van der Waals surface area contributed by atoms with Gasteiger partial charge in [-0.3, -0.25) is 4.79 Å². The van der Waals surface area contributed by atoms with Crippen molar-refractivity contribution in [3.8, 4) is 22.6 Å². The number of pyridine rings is 1. The lowest BCUT2D eigenvalue weighted by Crippen LogP contribution is -2.25. The molecule has 166 valence electrons. The monoisotopic (exact) mass is 497 g/mol. The molecular weight excluding hydrogens is 482 g/mol. The van der Waals surface area contributed by atoms with Gasteiger partial charge in [0.25, 0.3) is 0 Å². The summed E-state index contributed by atoms with van der Waals surface area (Å²) in [4.78, 5) is 29.2. The van der Waals surface area contributed by atoms with Crippen LogP contribution in [0, 0.1) is 22.7 Å².